The molecule has 114 valence electrons. The van der Waals surface area contributed by atoms with Gasteiger partial charge in [-0.2, -0.15) is 0 Å². The van der Waals surface area contributed by atoms with E-state index in [2.05, 4.69) is 0 Å². The quantitative estimate of drug-likeness (QED) is 0.591. The zero-order chi connectivity index (χ0) is 15.8. The summed E-state index contributed by atoms with van der Waals surface area (Å²) in [5, 5.41) is 0. The number of carbonyl (C=O) groups excluding carboxylic acids is 1. The van der Waals surface area contributed by atoms with Crippen molar-refractivity contribution >= 4 is 11.5 Å². The Bertz CT molecular complexity index is 645. The third-order valence-electron chi connectivity index (χ3n) is 3.16. The van der Waals surface area contributed by atoms with Crippen LogP contribution in [0.25, 0.3) is 5.57 Å². The standard InChI is InChI=1S/C19H20O3/c1-3-21-19(20)12-15(2)17-10-7-11-18(13-17)22-14-16-8-5-4-6-9-16/h4-13H,3,14H2,1-2H3/b15-12-. The van der Waals surface area contributed by atoms with Gasteiger partial charge in [0.05, 0.1) is 6.61 Å². The van der Waals surface area contributed by atoms with Gasteiger partial charge < -0.3 is 9.47 Å². The smallest absolute Gasteiger partial charge is 0.331 e. The summed E-state index contributed by atoms with van der Waals surface area (Å²) in [6.07, 6.45) is 1.50. The van der Waals surface area contributed by atoms with Gasteiger partial charge in [0.15, 0.2) is 0 Å². The molecule has 0 atom stereocenters. The Labute approximate surface area is 131 Å². The van der Waals surface area contributed by atoms with Crippen molar-refractivity contribution in [2.75, 3.05) is 6.61 Å². The molecule has 0 N–H and O–H groups in total. The molecular weight excluding hydrogens is 276 g/mol. The van der Waals surface area contributed by atoms with E-state index in [9.17, 15) is 4.79 Å². The lowest BCUT2D eigenvalue weighted by Gasteiger charge is -2.08. The lowest BCUT2D eigenvalue weighted by molar-refractivity contribution is -0.137. The average Bonchev–Trinajstić information content (AvgIpc) is 2.54. The molecule has 22 heavy (non-hydrogen) atoms. The molecule has 0 radical (unpaired) electrons. The number of benzene rings is 2. The predicted molar refractivity (Wildman–Crippen MR) is 87.5 cm³/mol. The Balaban J connectivity index is 2.05. The van der Waals surface area contributed by atoms with Crippen molar-refractivity contribution in [2.24, 2.45) is 0 Å². The molecule has 0 aliphatic carbocycles. The molecule has 0 aliphatic heterocycles. The van der Waals surface area contributed by atoms with Crippen molar-refractivity contribution in [2.45, 2.75) is 20.5 Å². The fourth-order valence-electron chi connectivity index (χ4n) is 2.02. The maximum Gasteiger partial charge on any atom is 0.331 e. The van der Waals surface area contributed by atoms with Gasteiger partial charge in [0, 0.05) is 6.08 Å². The molecular formula is C19H20O3. The maximum atomic E-state index is 11.5. The summed E-state index contributed by atoms with van der Waals surface area (Å²) >= 11 is 0. The highest BCUT2D eigenvalue weighted by molar-refractivity contribution is 5.90. The van der Waals surface area contributed by atoms with Crippen LogP contribution in [0, 0.1) is 0 Å². The van der Waals surface area contributed by atoms with Crippen LogP contribution in [0.3, 0.4) is 0 Å². The van der Waals surface area contributed by atoms with E-state index in [-0.39, 0.29) is 5.97 Å². The molecule has 2 rings (SSSR count). The Morgan fingerprint density at radius 2 is 1.86 bits per heavy atom. The van der Waals surface area contributed by atoms with Crippen LogP contribution in [0.1, 0.15) is 25.0 Å². The van der Waals surface area contributed by atoms with Gasteiger partial charge >= 0.3 is 5.97 Å². The lowest BCUT2D eigenvalue weighted by atomic mass is 10.1. The Morgan fingerprint density at radius 1 is 1.09 bits per heavy atom. The number of carbonyl (C=O) groups is 1. The summed E-state index contributed by atoms with van der Waals surface area (Å²) in [7, 11) is 0. The summed E-state index contributed by atoms with van der Waals surface area (Å²) < 4.78 is 10.7. The zero-order valence-corrected chi connectivity index (χ0v) is 12.9. The molecule has 0 aromatic heterocycles. The molecule has 0 heterocycles. The fourth-order valence-corrected chi connectivity index (χ4v) is 2.02. The van der Waals surface area contributed by atoms with Crippen molar-refractivity contribution in [3.8, 4) is 5.75 Å². The molecule has 0 bridgehead atoms. The molecule has 2 aromatic carbocycles. The van der Waals surface area contributed by atoms with Gasteiger partial charge in [0.2, 0.25) is 0 Å². The minimum atomic E-state index is -0.324. The second kappa shape index (κ2) is 8.03. The van der Waals surface area contributed by atoms with Crippen LogP contribution in [-0.2, 0) is 16.1 Å². The van der Waals surface area contributed by atoms with Crippen molar-refractivity contribution in [1.29, 1.82) is 0 Å². The van der Waals surface area contributed by atoms with Crippen molar-refractivity contribution in [3.05, 3.63) is 71.8 Å². The Kier molecular flexibility index (Phi) is 5.78. The largest absolute Gasteiger partial charge is 0.489 e. The van der Waals surface area contributed by atoms with Crippen LogP contribution in [0.5, 0.6) is 5.75 Å². The predicted octanol–water partition coefficient (Wildman–Crippen LogP) is 4.23. The number of allylic oxidation sites excluding steroid dienone is 1. The lowest BCUT2D eigenvalue weighted by Crippen LogP contribution is -2.00. The third kappa shape index (κ3) is 4.77. The minimum absolute atomic E-state index is 0.324. The number of hydrogen-bond donors (Lipinski definition) is 0. The number of rotatable bonds is 6. The molecule has 0 saturated heterocycles. The van der Waals surface area contributed by atoms with Gasteiger partial charge in [0.1, 0.15) is 12.4 Å². The number of hydrogen-bond acceptors (Lipinski definition) is 3. The van der Waals surface area contributed by atoms with Gasteiger partial charge in [0.25, 0.3) is 0 Å². The third-order valence-corrected chi connectivity index (χ3v) is 3.16. The van der Waals surface area contributed by atoms with Crippen molar-refractivity contribution < 1.29 is 14.3 Å². The topological polar surface area (TPSA) is 35.5 Å². The number of ether oxygens (including phenoxy) is 2. The van der Waals surface area contributed by atoms with Gasteiger partial charge in [-0.1, -0.05) is 42.5 Å². The maximum absolute atomic E-state index is 11.5. The van der Waals surface area contributed by atoms with E-state index >= 15 is 0 Å². The van der Waals surface area contributed by atoms with E-state index in [0.29, 0.717) is 13.2 Å². The van der Waals surface area contributed by atoms with Gasteiger partial charge in [-0.15, -0.1) is 0 Å². The first kappa shape index (κ1) is 15.8. The normalized spacial score (nSPS) is 11.1. The second-order valence-corrected chi connectivity index (χ2v) is 4.88. The summed E-state index contributed by atoms with van der Waals surface area (Å²) in [5.74, 6) is 0.452. The SMILES string of the molecule is CCOC(=O)/C=C(/C)c1cccc(OCc2ccccc2)c1. The molecule has 3 heteroatoms. The summed E-state index contributed by atoms with van der Waals surface area (Å²) in [5.41, 5.74) is 2.91. The first-order valence-electron chi connectivity index (χ1n) is 7.31. The second-order valence-electron chi connectivity index (χ2n) is 4.88. The average molecular weight is 296 g/mol. The Morgan fingerprint density at radius 3 is 2.59 bits per heavy atom. The molecule has 0 unspecified atom stereocenters. The first-order chi connectivity index (χ1) is 10.7. The van der Waals surface area contributed by atoms with Crippen LogP contribution in [0.4, 0.5) is 0 Å². The fraction of sp³-hybridized carbons (Fsp3) is 0.211. The van der Waals surface area contributed by atoms with E-state index in [1.165, 1.54) is 6.08 Å². The van der Waals surface area contributed by atoms with E-state index in [1.807, 2.05) is 61.5 Å². The van der Waals surface area contributed by atoms with E-state index in [0.717, 1.165) is 22.4 Å². The van der Waals surface area contributed by atoms with Gasteiger partial charge in [-0.05, 0) is 42.7 Å². The van der Waals surface area contributed by atoms with Gasteiger partial charge in [-0.25, -0.2) is 4.79 Å². The van der Waals surface area contributed by atoms with E-state index in [1.54, 1.807) is 6.92 Å². The van der Waals surface area contributed by atoms with Crippen LogP contribution in [0.2, 0.25) is 0 Å². The molecule has 0 fully saturated rings. The summed E-state index contributed by atoms with van der Waals surface area (Å²) in [6, 6.07) is 17.7. The van der Waals surface area contributed by atoms with Crippen LogP contribution < -0.4 is 4.74 Å². The van der Waals surface area contributed by atoms with Gasteiger partial charge in [-0.3, -0.25) is 0 Å². The van der Waals surface area contributed by atoms with E-state index < -0.39 is 0 Å². The monoisotopic (exact) mass is 296 g/mol. The molecule has 0 aliphatic rings. The highest BCUT2D eigenvalue weighted by Crippen LogP contribution is 2.21. The number of esters is 1. The molecule has 2 aromatic rings. The minimum Gasteiger partial charge on any atom is -0.489 e. The summed E-state index contributed by atoms with van der Waals surface area (Å²) in [4.78, 5) is 11.5. The molecule has 0 saturated carbocycles. The first-order valence-corrected chi connectivity index (χ1v) is 7.31. The zero-order valence-electron chi connectivity index (χ0n) is 12.9. The molecule has 0 amide bonds. The molecule has 3 nitrogen and oxygen atoms in total. The summed E-state index contributed by atoms with van der Waals surface area (Å²) in [6.45, 7) is 4.57. The highest BCUT2D eigenvalue weighted by atomic mass is 16.5. The Hall–Kier alpha value is -2.55. The van der Waals surface area contributed by atoms with Crippen molar-refractivity contribution in [3.63, 3.8) is 0 Å². The highest BCUT2D eigenvalue weighted by Gasteiger charge is 2.03. The molecule has 0 spiro atoms. The van der Waals surface area contributed by atoms with E-state index in [4.69, 9.17) is 9.47 Å². The van der Waals surface area contributed by atoms with Crippen LogP contribution in [0.15, 0.2) is 60.7 Å². The van der Waals surface area contributed by atoms with Crippen molar-refractivity contribution in [1.82, 2.24) is 0 Å². The van der Waals surface area contributed by atoms with Crippen LogP contribution >= 0.6 is 0 Å². The van der Waals surface area contributed by atoms with Crippen LogP contribution in [-0.4, -0.2) is 12.6 Å².